The Morgan fingerprint density at radius 2 is 1.82 bits per heavy atom. The number of hydrogen-bond acceptors (Lipinski definition) is 5. The van der Waals surface area contributed by atoms with E-state index in [9.17, 15) is 9.59 Å². The van der Waals surface area contributed by atoms with Crippen LogP contribution in [-0.2, 0) is 11.8 Å². The number of piperidine rings is 2. The van der Waals surface area contributed by atoms with Gasteiger partial charge < -0.3 is 10.2 Å². The molecule has 8 heteroatoms. The number of fused-ring (bicyclic) bond motifs is 1. The number of hydrogen-bond donors (Lipinski definition) is 2. The smallest absolute Gasteiger partial charge is 0.317 e. The van der Waals surface area contributed by atoms with Gasteiger partial charge in [-0.05, 0) is 93.7 Å². The van der Waals surface area contributed by atoms with Gasteiger partial charge in [0.2, 0.25) is 5.91 Å². The second-order valence-corrected chi connectivity index (χ2v) is 10.6. The Hall–Kier alpha value is -2.45. The fourth-order valence-electron chi connectivity index (χ4n) is 6.64. The predicted octanol–water partition coefficient (Wildman–Crippen LogP) is 2.73. The van der Waals surface area contributed by atoms with Crippen molar-refractivity contribution < 1.29 is 9.59 Å². The molecule has 0 radical (unpaired) electrons. The number of carbonyl (C=O) groups is 2. The lowest BCUT2D eigenvalue weighted by Gasteiger charge is -2.55. The first-order chi connectivity index (χ1) is 16.0. The van der Waals surface area contributed by atoms with Crippen LogP contribution in [0.1, 0.15) is 56.4 Å². The van der Waals surface area contributed by atoms with Crippen LogP contribution in [0, 0.1) is 5.41 Å². The molecule has 0 bridgehead atoms. The highest BCUT2D eigenvalue weighted by Gasteiger charge is 2.47. The van der Waals surface area contributed by atoms with Crippen LogP contribution in [0.4, 0.5) is 10.6 Å². The summed E-state index contributed by atoms with van der Waals surface area (Å²) in [5, 5.41) is 11.5. The molecular formula is C25H34N6O2. The molecule has 3 saturated heterocycles. The molecule has 8 nitrogen and oxygen atoms in total. The molecule has 1 spiro atoms. The third-order valence-corrected chi connectivity index (χ3v) is 8.68. The Bertz CT molecular complexity index is 1070. The maximum absolute atomic E-state index is 12.3. The molecule has 4 heterocycles. The molecule has 1 aromatic carbocycles. The fraction of sp³-hybridized carbons (Fsp3) is 0.640. The number of imide groups is 1. The molecule has 0 unspecified atom stereocenters. The van der Waals surface area contributed by atoms with E-state index in [-0.39, 0.29) is 11.9 Å². The standard InChI is InChI=1S/C25H34N6O2/c1-29-21-14-18(2-3-20(21)23(28-29)31-13-6-22(32)27-24(31)33)17-4-11-30(12-5-17)19-15-25(16-19)7-9-26-10-8-25/h2-3,14,17,19,26H,4-13,15-16H2,1H3,(H,27,32,33). The summed E-state index contributed by atoms with van der Waals surface area (Å²) in [5.41, 5.74) is 3.06. The highest BCUT2D eigenvalue weighted by atomic mass is 16.2. The summed E-state index contributed by atoms with van der Waals surface area (Å²) in [7, 11) is 1.93. The van der Waals surface area contributed by atoms with Gasteiger partial charge in [-0.15, -0.1) is 0 Å². The number of nitrogens with one attached hydrogen (secondary N) is 2. The average Bonchev–Trinajstić information content (AvgIpc) is 3.14. The molecule has 2 N–H and O–H groups in total. The summed E-state index contributed by atoms with van der Waals surface area (Å²) in [5.74, 6) is 0.987. The third-order valence-electron chi connectivity index (χ3n) is 8.68. The van der Waals surface area contributed by atoms with E-state index in [2.05, 4.69) is 38.8 Å². The van der Waals surface area contributed by atoms with Crippen molar-refractivity contribution in [3.8, 4) is 0 Å². The Kier molecular flexibility index (Phi) is 5.18. The van der Waals surface area contributed by atoms with E-state index in [1.54, 1.807) is 4.90 Å². The zero-order valence-corrected chi connectivity index (χ0v) is 19.5. The molecule has 4 aliphatic rings. The molecule has 1 aliphatic carbocycles. The molecule has 176 valence electrons. The molecule has 1 aromatic heterocycles. The SMILES string of the molecule is Cn1nc(N2CCC(=O)NC2=O)c2ccc(C3CCN(C4CC5(CCNCC5)C4)CC3)cc21. The van der Waals surface area contributed by atoms with Crippen molar-refractivity contribution in [2.24, 2.45) is 12.5 Å². The van der Waals surface area contributed by atoms with E-state index in [1.165, 1.54) is 70.3 Å². The Balaban J connectivity index is 1.13. The number of urea groups is 1. The van der Waals surface area contributed by atoms with E-state index >= 15 is 0 Å². The second-order valence-electron chi connectivity index (χ2n) is 10.6. The predicted molar refractivity (Wildman–Crippen MR) is 127 cm³/mol. The van der Waals surface area contributed by atoms with Gasteiger partial charge in [-0.2, -0.15) is 5.10 Å². The minimum absolute atomic E-state index is 0.224. The number of carbonyl (C=O) groups excluding carboxylic acids is 2. The van der Waals surface area contributed by atoms with Gasteiger partial charge in [-0.1, -0.05) is 6.07 Å². The molecular weight excluding hydrogens is 416 g/mol. The zero-order chi connectivity index (χ0) is 22.6. The molecule has 2 aromatic rings. The van der Waals surface area contributed by atoms with Gasteiger partial charge in [0.1, 0.15) is 0 Å². The van der Waals surface area contributed by atoms with E-state index in [1.807, 2.05) is 11.7 Å². The summed E-state index contributed by atoms with van der Waals surface area (Å²) in [6.07, 6.45) is 8.25. The number of aromatic nitrogens is 2. The first-order valence-electron chi connectivity index (χ1n) is 12.5. The Labute approximate surface area is 194 Å². The summed E-state index contributed by atoms with van der Waals surface area (Å²) in [6, 6.07) is 7.00. The van der Waals surface area contributed by atoms with Gasteiger partial charge >= 0.3 is 6.03 Å². The lowest BCUT2D eigenvalue weighted by molar-refractivity contribution is -0.120. The van der Waals surface area contributed by atoms with Crippen LogP contribution >= 0.6 is 0 Å². The van der Waals surface area contributed by atoms with E-state index < -0.39 is 0 Å². The van der Waals surface area contributed by atoms with Crippen LogP contribution in [0.15, 0.2) is 18.2 Å². The van der Waals surface area contributed by atoms with Crippen LogP contribution in [0.3, 0.4) is 0 Å². The van der Waals surface area contributed by atoms with Crippen molar-refractivity contribution in [1.29, 1.82) is 0 Å². The van der Waals surface area contributed by atoms with Gasteiger partial charge in [0, 0.05) is 31.4 Å². The summed E-state index contributed by atoms with van der Waals surface area (Å²) in [4.78, 5) is 28.2. The number of aryl methyl sites for hydroxylation is 1. The minimum Gasteiger partial charge on any atom is -0.317 e. The van der Waals surface area contributed by atoms with Crippen molar-refractivity contribution in [2.75, 3.05) is 37.6 Å². The molecule has 6 rings (SSSR count). The average molecular weight is 451 g/mol. The number of rotatable bonds is 3. The monoisotopic (exact) mass is 450 g/mol. The van der Waals surface area contributed by atoms with Crippen LogP contribution < -0.4 is 15.5 Å². The van der Waals surface area contributed by atoms with Gasteiger partial charge in [-0.25, -0.2) is 4.79 Å². The first-order valence-corrected chi connectivity index (χ1v) is 12.5. The number of benzene rings is 1. The number of amides is 3. The maximum Gasteiger partial charge on any atom is 0.329 e. The van der Waals surface area contributed by atoms with E-state index in [4.69, 9.17) is 0 Å². The largest absolute Gasteiger partial charge is 0.329 e. The molecule has 0 atom stereocenters. The van der Waals surface area contributed by atoms with Gasteiger partial charge in [0.05, 0.1) is 5.52 Å². The number of anilines is 1. The quantitative estimate of drug-likeness (QED) is 0.752. The fourth-order valence-corrected chi connectivity index (χ4v) is 6.64. The number of nitrogens with zero attached hydrogens (tertiary/aromatic N) is 4. The highest BCUT2D eigenvalue weighted by Crippen LogP contribution is 2.50. The van der Waals surface area contributed by atoms with E-state index in [0.717, 1.165) is 16.9 Å². The summed E-state index contributed by atoms with van der Waals surface area (Å²) in [6.45, 7) is 5.16. The molecule has 3 amide bonds. The van der Waals surface area contributed by atoms with Crippen LogP contribution in [0.5, 0.6) is 0 Å². The van der Waals surface area contributed by atoms with E-state index in [0.29, 0.717) is 30.1 Å². The highest BCUT2D eigenvalue weighted by molar-refractivity contribution is 6.08. The van der Waals surface area contributed by atoms with Crippen molar-refractivity contribution in [3.05, 3.63) is 23.8 Å². The zero-order valence-electron chi connectivity index (χ0n) is 19.5. The van der Waals surface area contributed by atoms with Gasteiger partial charge in [-0.3, -0.25) is 19.7 Å². The summed E-state index contributed by atoms with van der Waals surface area (Å²) < 4.78 is 1.86. The van der Waals surface area contributed by atoms with Crippen molar-refractivity contribution >= 4 is 28.7 Å². The lowest BCUT2D eigenvalue weighted by Crippen LogP contribution is -2.55. The Morgan fingerprint density at radius 1 is 1.06 bits per heavy atom. The molecule has 1 saturated carbocycles. The van der Waals surface area contributed by atoms with Gasteiger partial charge in [0.25, 0.3) is 0 Å². The molecule has 3 aliphatic heterocycles. The Morgan fingerprint density at radius 3 is 2.55 bits per heavy atom. The van der Waals surface area contributed by atoms with Crippen molar-refractivity contribution in [3.63, 3.8) is 0 Å². The summed E-state index contributed by atoms with van der Waals surface area (Å²) >= 11 is 0. The molecule has 4 fully saturated rings. The van der Waals surface area contributed by atoms with Crippen LogP contribution in [0.25, 0.3) is 10.9 Å². The van der Waals surface area contributed by atoms with Crippen molar-refractivity contribution in [1.82, 2.24) is 25.3 Å². The lowest BCUT2D eigenvalue weighted by atomic mass is 9.60. The minimum atomic E-state index is -0.384. The molecule has 33 heavy (non-hydrogen) atoms. The second kappa shape index (κ2) is 8.09. The van der Waals surface area contributed by atoms with Crippen LogP contribution in [-0.4, -0.2) is 65.4 Å². The maximum atomic E-state index is 12.3. The topological polar surface area (TPSA) is 82.5 Å². The normalized spacial score (nSPS) is 24.9. The van der Waals surface area contributed by atoms with Crippen molar-refractivity contribution in [2.45, 2.75) is 56.9 Å². The third kappa shape index (κ3) is 3.73. The van der Waals surface area contributed by atoms with Crippen LogP contribution in [0.2, 0.25) is 0 Å². The van der Waals surface area contributed by atoms with Gasteiger partial charge in [0.15, 0.2) is 5.82 Å². The first kappa shape index (κ1) is 21.1. The number of likely N-dealkylation sites (tertiary alicyclic amines) is 1.